The highest BCUT2D eigenvalue weighted by atomic mass is 35.5. The molecule has 1 N–H and O–H groups in total. The summed E-state index contributed by atoms with van der Waals surface area (Å²) >= 11 is 5.84. The number of allylic oxidation sites excluding steroid dienone is 1. The Kier molecular flexibility index (Phi) is 6.29. The van der Waals surface area contributed by atoms with Gasteiger partial charge < -0.3 is 10.1 Å². The molecule has 1 atom stereocenters. The molecule has 1 amide bonds. The Morgan fingerprint density at radius 3 is 3.00 bits per heavy atom. The van der Waals surface area contributed by atoms with Crippen molar-refractivity contribution in [3.05, 3.63) is 41.4 Å². The van der Waals surface area contributed by atoms with Crippen molar-refractivity contribution in [1.29, 1.82) is 0 Å². The monoisotopic (exact) mass is 267 g/mol. The van der Waals surface area contributed by atoms with Gasteiger partial charge in [0.1, 0.15) is 5.75 Å². The van der Waals surface area contributed by atoms with Crippen molar-refractivity contribution in [1.82, 2.24) is 5.32 Å². The fourth-order valence-electron chi connectivity index (χ4n) is 1.39. The number of rotatable bonds is 6. The molecular formula is C14H18ClNO2. The molecule has 0 aromatic heterocycles. The fourth-order valence-corrected chi connectivity index (χ4v) is 1.57. The Bertz CT molecular complexity index is 418. The van der Waals surface area contributed by atoms with Crippen LogP contribution in [0.3, 0.4) is 0 Å². The lowest BCUT2D eigenvalue weighted by Gasteiger charge is -2.14. The second kappa shape index (κ2) is 7.77. The van der Waals surface area contributed by atoms with E-state index in [2.05, 4.69) is 5.32 Å². The van der Waals surface area contributed by atoms with E-state index in [1.165, 1.54) is 0 Å². The Morgan fingerprint density at radius 2 is 2.33 bits per heavy atom. The summed E-state index contributed by atoms with van der Waals surface area (Å²) in [5.74, 6) is 0.470. The molecule has 1 aromatic rings. The summed E-state index contributed by atoms with van der Waals surface area (Å²) in [6, 6.07) is 7.01. The number of carbonyl (C=O) groups is 1. The fraction of sp³-hybridized carbons (Fsp3) is 0.357. The number of ether oxygens (including phenoxy) is 1. The second-order valence-corrected chi connectivity index (χ2v) is 4.30. The van der Waals surface area contributed by atoms with Gasteiger partial charge >= 0.3 is 0 Å². The zero-order chi connectivity index (χ0) is 13.4. The number of halogens is 1. The van der Waals surface area contributed by atoms with E-state index in [0.29, 0.717) is 17.3 Å². The molecule has 0 fully saturated rings. The number of carbonyl (C=O) groups excluding carboxylic acids is 1. The number of hydrogen-bond acceptors (Lipinski definition) is 2. The molecule has 0 radical (unpaired) electrons. The van der Waals surface area contributed by atoms with Crippen molar-refractivity contribution >= 4 is 17.5 Å². The first-order valence-electron chi connectivity index (χ1n) is 5.94. The molecule has 1 aromatic carbocycles. The highest BCUT2D eigenvalue weighted by Crippen LogP contribution is 2.18. The third kappa shape index (κ3) is 5.23. The molecule has 4 heteroatoms. The van der Waals surface area contributed by atoms with Gasteiger partial charge in [-0.15, -0.1) is 0 Å². The first kappa shape index (κ1) is 14.6. The molecule has 1 unspecified atom stereocenters. The van der Waals surface area contributed by atoms with Crippen LogP contribution < -0.4 is 10.1 Å². The van der Waals surface area contributed by atoms with Gasteiger partial charge in [-0.2, -0.15) is 0 Å². The highest BCUT2D eigenvalue weighted by molar-refractivity contribution is 6.30. The van der Waals surface area contributed by atoms with Crippen LogP contribution in [-0.2, 0) is 4.79 Å². The molecule has 0 aliphatic rings. The molecule has 0 aliphatic heterocycles. The largest absolute Gasteiger partial charge is 0.481 e. The molecular weight excluding hydrogens is 250 g/mol. The Morgan fingerprint density at radius 1 is 1.56 bits per heavy atom. The van der Waals surface area contributed by atoms with Gasteiger partial charge in [0.2, 0.25) is 0 Å². The second-order valence-electron chi connectivity index (χ2n) is 3.87. The minimum absolute atomic E-state index is 0.125. The van der Waals surface area contributed by atoms with E-state index >= 15 is 0 Å². The molecule has 0 saturated heterocycles. The van der Waals surface area contributed by atoms with E-state index in [0.717, 1.165) is 6.42 Å². The molecule has 0 bridgehead atoms. The van der Waals surface area contributed by atoms with Gasteiger partial charge in [-0.1, -0.05) is 29.8 Å². The van der Waals surface area contributed by atoms with Crippen molar-refractivity contribution in [2.45, 2.75) is 26.4 Å². The average molecular weight is 268 g/mol. The highest BCUT2D eigenvalue weighted by Gasteiger charge is 2.13. The quantitative estimate of drug-likeness (QED) is 0.635. The first-order valence-corrected chi connectivity index (χ1v) is 6.32. The van der Waals surface area contributed by atoms with Crippen molar-refractivity contribution in [2.75, 3.05) is 6.54 Å². The van der Waals surface area contributed by atoms with Gasteiger partial charge in [0.15, 0.2) is 6.10 Å². The summed E-state index contributed by atoms with van der Waals surface area (Å²) in [7, 11) is 0. The lowest BCUT2D eigenvalue weighted by Crippen LogP contribution is -2.36. The van der Waals surface area contributed by atoms with E-state index in [-0.39, 0.29) is 5.91 Å². The van der Waals surface area contributed by atoms with Gasteiger partial charge in [0.05, 0.1) is 0 Å². The van der Waals surface area contributed by atoms with Crippen molar-refractivity contribution in [3.8, 4) is 5.75 Å². The molecule has 0 spiro atoms. The summed E-state index contributed by atoms with van der Waals surface area (Å²) in [5.41, 5.74) is 0. The van der Waals surface area contributed by atoms with Gasteiger partial charge in [0.25, 0.3) is 5.91 Å². The Balaban J connectivity index is 2.40. The zero-order valence-electron chi connectivity index (χ0n) is 10.7. The van der Waals surface area contributed by atoms with Gasteiger partial charge in [0, 0.05) is 11.6 Å². The van der Waals surface area contributed by atoms with E-state index in [1.54, 1.807) is 31.2 Å². The molecule has 0 heterocycles. The maximum absolute atomic E-state index is 11.7. The summed E-state index contributed by atoms with van der Waals surface area (Å²) in [5, 5.41) is 3.39. The topological polar surface area (TPSA) is 38.3 Å². The van der Waals surface area contributed by atoms with E-state index < -0.39 is 6.10 Å². The van der Waals surface area contributed by atoms with Crippen molar-refractivity contribution in [3.63, 3.8) is 0 Å². The van der Waals surface area contributed by atoms with Gasteiger partial charge in [-0.05, 0) is 38.5 Å². The molecule has 1 rings (SSSR count). The van der Waals surface area contributed by atoms with Crippen LogP contribution in [0.4, 0.5) is 0 Å². The predicted octanol–water partition coefficient (Wildman–Crippen LogP) is 3.19. The zero-order valence-corrected chi connectivity index (χ0v) is 11.4. The minimum Gasteiger partial charge on any atom is -0.481 e. The van der Waals surface area contributed by atoms with E-state index in [1.807, 2.05) is 19.1 Å². The van der Waals surface area contributed by atoms with Crippen LogP contribution in [-0.4, -0.2) is 18.6 Å². The average Bonchev–Trinajstić information content (AvgIpc) is 2.34. The number of amides is 1. The summed E-state index contributed by atoms with van der Waals surface area (Å²) < 4.78 is 5.50. The van der Waals surface area contributed by atoms with E-state index in [4.69, 9.17) is 16.3 Å². The van der Waals surface area contributed by atoms with Crippen LogP contribution >= 0.6 is 11.6 Å². The van der Waals surface area contributed by atoms with Crippen molar-refractivity contribution < 1.29 is 9.53 Å². The smallest absolute Gasteiger partial charge is 0.260 e. The summed E-state index contributed by atoms with van der Waals surface area (Å²) in [6.45, 7) is 4.28. The number of nitrogens with one attached hydrogen (secondary N) is 1. The van der Waals surface area contributed by atoms with Crippen molar-refractivity contribution in [2.24, 2.45) is 0 Å². The molecule has 98 valence electrons. The molecule has 0 saturated carbocycles. The minimum atomic E-state index is -0.533. The summed E-state index contributed by atoms with van der Waals surface area (Å²) in [6.07, 6.45) is 4.25. The van der Waals surface area contributed by atoms with Crippen LogP contribution in [0.5, 0.6) is 5.75 Å². The van der Waals surface area contributed by atoms with Gasteiger partial charge in [-0.3, -0.25) is 4.79 Å². The van der Waals surface area contributed by atoms with E-state index in [9.17, 15) is 4.79 Å². The molecule has 3 nitrogen and oxygen atoms in total. The first-order chi connectivity index (χ1) is 8.63. The standard InChI is InChI=1S/C14H18ClNO2/c1-3-4-5-9-16-14(17)11(2)18-13-8-6-7-12(15)10-13/h3-4,6-8,10-11H,5,9H2,1-2H3,(H,16,17)/b4-3+. The van der Waals surface area contributed by atoms with Crippen LogP contribution in [0, 0.1) is 0 Å². The third-order valence-corrected chi connectivity index (χ3v) is 2.56. The van der Waals surface area contributed by atoms with Crippen LogP contribution in [0.2, 0.25) is 5.02 Å². The number of benzene rings is 1. The third-order valence-electron chi connectivity index (χ3n) is 2.32. The maximum Gasteiger partial charge on any atom is 0.260 e. The lowest BCUT2D eigenvalue weighted by molar-refractivity contribution is -0.127. The lowest BCUT2D eigenvalue weighted by atomic mass is 10.3. The SMILES string of the molecule is C/C=C/CCNC(=O)C(C)Oc1cccc(Cl)c1. The Hall–Kier alpha value is -1.48. The normalized spacial score (nSPS) is 12.4. The maximum atomic E-state index is 11.7. The van der Waals surface area contributed by atoms with Crippen LogP contribution in [0.15, 0.2) is 36.4 Å². The predicted molar refractivity (Wildman–Crippen MR) is 74.0 cm³/mol. The van der Waals surface area contributed by atoms with Gasteiger partial charge in [-0.25, -0.2) is 0 Å². The number of hydrogen-bond donors (Lipinski definition) is 1. The van der Waals surface area contributed by atoms with Crippen LogP contribution in [0.1, 0.15) is 20.3 Å². The van der Waals surface area contributed by atoms with Crippen LogP contribution in [0.25, 0.3) is 0 Å². The molecule has 18 heavy (non-hydrogen) atoms. The molecule has 0 aliphatic carbocycles. The Labute approximate surface area is 113 Å². The summed E-state index contributed by atoms with van der Waals surface area (Å²) in [4.78, 5) is 11.7.